The van der Waals surface area contributed by atoms with Crippen molar-refractivity contribution in [3.63, 3.8) is 0 Å². The van der Waals surface area contributed by atoms with Gasteiger partial charge in [0.2, 0.25) is 0 Å². The fourth-order valence-electron chi connectivity index (χ4n) is 13.8. The van der Waals surface area contributed by atoms with E-state index in [1.807, 2.05) is 0 Å². The van der Waals surface area contributed by atoms with Gasteiger partial charge in [0.05, 0.1) is 5.41 Å². The van der Waals surface area contributed by atoms with Crippen LogP contribution in [0, 0.1) is 0 Å². The zero-order valence-electron chi connectivity index (χ0n) is 43.1. The van der Waals surface area contributed by atoms with Gasteiger partial charge in [0.1, 0.15) is 0 Å². The van der Waals surface area contributed by atoms with Crippen LogP contribution in [0.5, 0.6) is 0 Å². The molecular formula is C72H66N2. The predicted octanol–water partition coefficient (Wildman–Crippen LogP) is 20.8. The molecule has 0 radical (unpaired) electrons. The topological polar surface area (TPSA) is 6.48 Å². The molecule has 14 rings (SSSR count). The lowest BCUT2D eigenvalue weighted by Crippen LogP contribution is -2.26. The Morgan fingerprint density at radius 2 is 0.689 bits per heavy atom. The average Bonchev–Trinajstić information content (AvgIpc) is 3.98. The predicted molar refractivity (Wildman–Crippen MR) is 315 cm³/mol. The second-order valence-corrected chi connectivity index (χ2v) is 21.5. The largest absolute Gasteiger partial charge is 0.310 e. The maximum atomic E-state index is 2.44. The van der Waals surface area contributed by atoms with E-state index in [4.69, 9.17) is 0 Å². The van der Waals surface area contributed by atoms with E-state index in [2.05, 4.69) is 242 Å². The van der Waals surface area contributed by atoms with Gasteiger partial charge in [0.15, 0.2) is 0 Å². The molecule has 0 heterocycles. The van der Waals surface area contributed by atoms with E-state index in [0.29, 0.717) is 11.8 Å². The second kappa shape index (κ2) is 19.6. The number of anilines is 6. The van der Waals surface area contributed by atoms with Crippen molar-refractivity contribution in [2.75, 3.05) is 9.80 Å². The van der Waals surface area contributed by atoms with E-state index in [1.165, 1.54) is 159 Å². The first-order valence-electron chi connectivity index (χ1n) is 27.9. The van der Waals surface area contributed by atoms with E-state index in [1.54, 1.807) is 0 Å². The second-order valence-electron chi connectivity index (χ2n) is 21.5. The summed E-state index contributed by atoms with van der Waals surface area (Å²) < 4.78 is 0. The normalized spacial score (nSPS) is 15.5. The summed E-state index contributed by atoms with van der Waals surface area (Å²) in [7, 11) is 0. The quantitative estimate of drug-likeness (QED) is 0.150. The van der Waals surface area contributed by atoms with Crippen LogP contribution >= 0.6 is 0 Å². The van der Waals surface area contributed by atoms with Gasteiger partial charge in [-0.25, -0.2) is 0 Å². The van der Waals surface area contributed by atoms with Crippen molar-refractivity contribution in [2.45, 2.75) is 102 Å². The fraction of sp³-hybridized carbons (Fsp3) is 0.222. The minimum Gasteiger partial charge on any atom is -0.310 e. The molecule has 10 aromatic carbocycles. The zero-order valence-corrected chi connectivity index (χ0v) is 43.1. The van der Waals surface area contributed by atoms with Crippen LogP contribution in [-0.4, -0.2) is 0 Å². The molecule has 2 fully saturated rings. The molecule has 0 bridgehead atoms. The fourth-order valence-corrected chi connectivity index (χ4v) is 13.8. The third-order valence-corrected chi connectivity index (χ3v) is 17.0. The Hall–Kier alpha value is -7.68. The minimum absolute atomic E-state index is 0.526. The summed E-state index contributed by atoms with van der Waals surface area (Å²) in [6.07, 6.45) is 14.6. The van der Waals surface area contributed by atoms with E-state index in [0.717, 1.165) is 22.7 Å². The Bertz CT molecular complexity index is 3380. The van der Waals surface area contributed by atoms with Crippen molar-refractivity contribution < 1.29 is 0 Å². The highest BCUT2D eigenvalue weighted by molar-refractivity contribution is 6.10. The highest BCUT2D eigenvalue weighted by Crippen LogP contribution is 2.65. The Balaban J connectivity index is 0.00000172. The van der Waals surface area contributed by atoms with Crippen molar-refractivity contribution in [3.05, 3.63) is 252 Å². The number of fused-ring (bicyclic) bond motifs is 14. The molecule has 2 saturated carbocycles. The molecule has 0 aliphatic heterocycles. The van der Waals surface area contributed by atoms with E-state index in [-0.39, 0.29) is 0 Å². The number of nitrogens with zero attached hydrogens (tertiary/aromatic N) is 2. The maximum Gasteiger partial charge on any atom is 0.0737 e. The lowest BCUT2D eigenvalue weighted by molar-refractivity contribution is 0.443. The average molecular weight is 959 g/mol. The van der Waals surface area contributed by atoms with Gasteiger partial charge in [0, 0.05) is 34.1 Å². The van der Waals surface area contributed by atoms with Crippen molar-refractivity contribution in [3.8, 4) is 22.3 Å². The molecule has 4 aliphatic rings. The van der Waals surface area contributed by atoms with Crippen LogP contribution in [0.2, 0.25) is 0 Å². The Labute approximate surface area is 439 Å². The Kier molecular flexibility index (Phi) is 12.2. The summed E-state index contributed by atoms with van der Waals surface area (Å²) in [6, 6.07) is 83.4. The molecule has 0 aromatic heterocycles. The first-order chi connectivity index (χ1) is 36.6. The molecular weight excluding hydrogens is 893 g/mol. The van der Waals surface area contributed by atoms with Crippen LogP contribution < -0.4 is 9.80 Å². The van der Waals surface area contributed by atoms with Gasteiger partial charge in [0.25, 0.3) is 0 Å². The van der Waals surface area contributed by atoms with E-state index >= 15 is 0 Å². The molecule has 2 nitrogen and oxygen atoms in total. The summed E-state index contributed by atoms with van der Waals surface area (Å²) >= 11 is 0. The van der Waals surface area contributed by atoms with Crippen molar-refractivity contribution in [1.82, 2.24) is 0 Å². The smallest absolute Gasteiger partial charge is 0.0737 e. The highest BCUT2D eigenvalue weighted by Gasteiger charge is 2.53. The molecule has 364 valence electrons. The van der Waals surface area contributed by atoms with Crippen molar-refractivity contribution in [2.24, 2.45) is 0 Å². The Morgan fingerprint density at radius 1 is 0.338 bits per heavy atom. The monoisotopic (exact) mass is 959 g/mol. The van der Waals surface area contributed by atoms with Crippen LogP contribution in [0.4, 0.5) is 34.1 Å². The molecule has 0 saturated heterocycles. The van der Waals surface area contributed by atoms with Gasteiger partial charge in [-0.1, -0.05) is 204 Å². The molecule has 4 aliphatic carbocycles. The van der Waals surface area contributed by atoms with Gasteiger partial charge in [-0.15, -0.1) is 0 Å². The number of para-hydroxylation sites is 2. The van der Waals surface area contributed by atoms with Crippen LogP contribution in [0.15, 0.2) is 218 Å². The Morgan fingerprint density at radius 3 is 1.09 bits per heavy atom. The van der Waals surface area contributed by atoms with Gasteiger partial charge >= 0.3 is 0 Å². The van der Waals surface area contributed by atoms with Crippen molar-refractivity contribution in [1.29, 1.82) is 0 Å². The third-order valence-electron chi connectivity index (χ3n) is 17.0. The maximum absolute atomic E-state index is 2.44. The summed E-state index contributed by atoms with van der Waals surface area (Å²) in [5, 5.41) is 5.09. The van der Waals surface area contributed by atoms with Gasteiger partial charge in [-0.3, -0.25) is 0 Å². The molecule has 2 heteroatoms. The van der Waals surface area contributed by atoms with Gasteiger partial charge in [-0.05, 0) is 187 Å². The molecule has 1 spiro atoms. The third kappa shape index (κ3) is 7.76. The first kappa shape index (κ1) is 46.1. The summed E-state index contributed by atoms with van der Waals surface area (Å²) in [6.45, 7) is 4.25. The molecule has 74 heavy (non-hydrogen) atoms. The number of benzene rings is 10. The SMILES string of the molecule is CCC.c1ccc(N(c2ccc(C3CCCCC3)cc2)c2ccc3c4c(ccc3c2)-c2ccc3cc(N(c5ccccc5)c5ccc(C6CCCCC6)cc5)ccc3c2C42c3ccccc3-c3ccccc32)cc1. The van der Waals surface area contributed by atoms with Gasteiger partial charge in [-0.2, -0.15) is 0 Å². The standard InChI is InChI=1S/C69H58N2.C3H8/c1-5-17-47(18-6-1)49-29-35-55(36-30-49)70(53-21-9-3-10-22-53)57-39-43-59-51(45-57)33-41-63-64-42-34-52-46-58(71(54-23-11-4-12-24-54)56-37-31-50(32-38-56)48-19-7-2-8-20-48)40-44-60(52)68(64)69(67(59)63)65-27-15-13-25-61(65)62-26-14-16-28-66(62)69;1-3-2/h3-4,9-16,21-48H,1-2,5-8,17-20H2;3H2,1-2H3. The van der Waals surface area contributed by atoms with Crippen LogP contribution in [0.1, 0.15) is 130 Å². The molecule has 10 aromatic rings. The van der Waals surface area contributed by atoms with Crippen LogP contribution in [0.25, 0.3) is 43.8 Å². The molecule has 0 unspecified atom stereocenters. The minimum atomic E-state index is -0.526. The van der Waals surface area contributed by atoms with Crippen LogP contribution in [-0.2, 0) is 5.41 Å². The van der Waals surface area contributed by atoms with Crippen molar-refractivity contribution >= 4 is 55.7 Å². The summed E-state index contributed by atoms with van der Waals surface area (Å²) in [5.74, 6) is 1.34. The van der Waals surface area contributed by atoms with E-state index in [9.17, 15) is 0 Å². The summed E-state index contributed by atoms with van der Waals surface area (Å²) in [4.78, 5) is 4.88. The van der Waals surface area contributed by atoms with E-state index < -0.39 is 5.41 Å². The molecule has 0 N–H and O–H groups in total. The summed E-state index contributed by atoms with van der Waals surface area (Å²) in [5.41, 5.74) is 20.2. The molecule has 0 atom stereocenters. The molecule has 0 amide bonds. The van der Waals surface area contributed by atoms with Crippen LogP contribution in [0.3, 0.4) is 0 Å². The first-order valence-corrected chi connectivity index (χ1v) is 27.9. The highest BCUT2D eigenvalue weighted by atomic mass is 15.1. The van der Waals surface area contributed by atoms with Gasteiger partial charge < -0.3 is 9.80 Å². The number of rotatable bonds is 8. The number of hydrogen-bond donors (Lipinski definition) is 0. The zero-order chi connectivity index (χ0) is 49.6. The number of hydrogen-bond acceptors (Lipinski definition) is 2. The lowest BCUT2D eigenvalue weighted by atomic mass is 9.68. The lowest BCUT2D eigenvalue weighted by Gasteiger charge is -2.33.